The number of hydrogen-bond donors (Lipinski definition) is 1. The number of thioether (sulfide) groups is 1. The predicted molar refractivity (Wildman–Crippen MR) is 107 cm³/mol. The third-order valence-electron chi connectivity index (χ3n) is 3.87. The second-order valence-corrected chi connectivity index (χ2v) is 8.59. The summed E-state index contributed by atoms with van der Waals surface area (Å²) in [6.45, 7) is 10.5. The monoisotopic (exact) mass is 354 g/mol. The highest BCUT2D eigenvalue weighted by Gasteiger charge is 2.14. The van der Waals surface area contributed by atoms with E-state index in [1.54, 1.807) is 6.21 Å². The zero-order chi connectivity index (χ0) is 18.4. The summed E-state index contributed by atoms with van der Waals surface area (Å²) in [5.41, 5.74) is 6.20. The first kappa shape index (κ1) is 19.3. The van der Waals surface area contributed by atoms with Gasteiger partial charge < -0.3 is 0 Å². The molecular formula is C21H26N2OS. The van der Waals surface area contributed by atoms with Crippen LogP contribution in [0.3, 0.4) is 0 Å². The number of hydrogen-bond acceptors (Lipinski definition) is 3. The van der Waals surface area contributed by atoms with E-state index in [9.17, 15) is 4.79 Å². The van der Waals surface area contributed by atoms with E-state index in [1.807, 2.05) is 50.2 Å². The molecule has 2 rings (SSSR count). The van der Waals surface area contributed by atoms with Gasteiger partial charge >= 0.3 is 0 Å². The van der Waals surface area contributed by atoms with Crippen LogP contribution in [-0.2, 0) is 10.2 Å². The lowest BCUT2D eigenvalue weighted by Crippen LogP contribution is -2.26. The minimum absolute atomic E-state index is 0.104. The SMILES string of the molecule is Cc1ccc(S[C@@H](C)C(=O)N/N=C\c2ccc(C(C)(C)C)cc2)cc1. The molecule has 2 aromatic carbocycles. The zero-order valence-electron chi connectivity index (χ0n) is 15.5. The molecule has 1 amide bonds. The number of carbonyl (C=O) groups excluding carboxylic acids is 1. The van der Waals surface area contributed by atoms with E-state index in [0.29, 0.717) is 0 Å². The van der Waals surface area contributed by atoms with Crippen LogP contribution in [0, 0.1) is 6.92 Å². The molecule has 0 aliphatic rings. The molecule has 4 heteroatoms. The Kier molecular flexibility index (Phi) is 6.43. The normalized spacial score (nSPS) is 13.0. The average molecular weight is 355 g/mol. The van der Waals surface area contributed by atoms with E-state index in [0.717, 1.165) is 10.5 Å². The van der Waals surface area contributed by atoms with Crippen LogP contribution in [0.25, 0.3) is 0 Å². The smallest absolute Gasteiger partial charge is 0.253 e. The van der Waals surface area contributed by atoms with Gasteiger partial charge in [0.25, 0.3) is 5.91 Å². The minimum atomic E-state index is -0.205. The first-order chi connectivity index (χ1) is 11.8. The Balaban J connectivity index is 1.88. The summed E-state index contributed by atoms with van der Waals surface area (Å²) in [6.07, 6.45) is 1.67. The van der Waals surface area contributed by atoms with Gasteiger partial charge in [-0.3, -0.25) is 4.79 Å². The molecule has 0 spiro atoms. The zero-order valence-corrected chi connectivity index (χ0v) is 16.4. The van der Waals surface area contributed by atoms with Crippen molar-refractivity contribution in [2.24, 2.45) is 5.10 Å². The van der Waals surface area contributed by atoms with E-state index in [4.69, 9.17) is 0 Å². The fourth-order valence-electron chi connectivity index (χ4n) is 2.20. The first-order valence-corrected chi connectivity index (χ1v) is 9.30. The van der Waals surface area contributed by atoms with Crippen molar-refractivity contribution in [3.8, 4) is 0 Å². The molecule has 0 aliphatic carbocycles. The van der Waals surface area contributed by atoms with E-state index in [-0.39, 0.29) is 16.6 Å². The largest absolute Gasteiger partial charge is 0.272 e. The van der Waals surface area contributed by atoms with Gasteiger partial charge in [0.15, 0.2) is 0 Å². The second-order valence-electron chi connectivity index (χ2n) is 7.18. The maximum atomic E-state index is 12.1. The topological polar surface area (TPSA) is 41.5 Å². The standard InChI is InChI=1S/C21H26N2OS/c1-15-6-12-19(13-7-15)25-16(2)20(24)23-22-14-17-8-10-18(11-9-17)21(3,4)5/h6-14,16H,1-5H3,(H,23,24)/b22-14-/t16-/m0/s1. The second kappa shape index (κ2) is 8.34. The number of nitrogens with one attached hydrogen (secondary N) is 1. The molecule has 132 valence electrons. The molecule has 0 saturated heterocycles. The molecule has 2 aromatic rings. The van der Waals surface area contributed by atoms with Crippen molar-refractivity contribution in [2.75, 3.05) is 0 Å². The van der Waals surface area contributed by atoms with Gasteiger partial charge in [0.05, 0.1) is 11.5 Å². The molecule has 3 nitrogen and oxygen atoms in total. The summed E-state index contributed by atoms with van der Waals surface area (Å²) < 4.78 is 0. The van der Waals surface area contributed by atoms with Crippen LogP contribution in [0.2, 0.25) is 0 Å². The molecule has 0 fully saturated rings. The molecule has 0 radical (unpaired) electrons. The molecule has 25 heavy (non-hydrogen) atoms. The molecule has 0 bridgehead atoms. The molecule has 1 N–H and O–H groups in total. The van der Waals surface area contributed by atoms with Gasteiger partial charge in [-0.2, -0.15) is 5.10 Å². The number of benzene rings is 2. The van der Waals surface area contributed by atoms with Crippen molar-refractivity contribution in [3.05, 3.63) is 65.2 Å². The third-order valence-corrected chi connectivity index (χ3v) is 4.98. The van der Waals surface area contributed by atoms with Crippen LogP contribution in [0.15, 0.2) is 58.5 Å². The fraction of sp³-hybridized carbons (Fsp3) is 0.333. The van der Waals surface area contributed by atoms with E-state index >= 15 is 0 Å². The van der Waals surface area contributed by atoms with Crippen LogP contribution in [-0.4, -0.2) is 17.4 Å². The highest BCUT2D eigenvalue weighted by atomic mass is 32.2. The van der Waals surface area contributed by atoms with Gasteiger partial charge in [-0.25, -0.2) is 5.43 Å². The lowest BCUT2D eigenvalue weighted by Gasteiger charge is -2.18. The van der Waals surface area contributed by atoms with Gasteiger partial charge in [-0.05, 0) is 42.5 Å². The predicted octanol–water partition coefficient (Wildman–Crippen LogP) is 4.92. The Labute approximate surface area is 154 Å². The van der Waals surface area contributed by atoms with E-state index in [2.05, 4.69) is 43.4 Å². The molecule has 1 atom stereocenters. The first-order valence-electron chi connectivity index (χ1n) is 8.42. The highest BCUT2D eigenvalue weighted by molar-refractivity contribution is 8.00. The average Bonchev–Trinajstić information content (AvgIpc) is 2.56. The molecule has 0 saturated carbocycles. The number of carbonyl (C=O) groups is 1. The number of nitrogens with zero attached hydrogens (tertiary/aromatic N) is 1. The van der Waals surface area contributed by atoms with Crippen LogP contribution >= 0.6 is 11.8 Å². The molecule has 0 heterocycles. The van der Waals surface area contributed by atoms with Gasteiger partial charge in [0.1, 0.15) is 0 Å². The van der Waals surface area contributed by atoms with Crippen LogP contribution in [0.4, 0.5) is 0 Å². The Bertz CT molecular complexity index is 728. The van der Waals surface area contributed by atoms with Gasteiger partial charge in [0, 0.05) is 4.90 Å². The maximum Gasteiger partial charge on any atom is 0.253 e. The van der Waals surface area contributed by atoms with E-state index < -0.39 is 0 Å². The van der Waals surface area contributed by atoms with Crippen molar-refractivity contribution in [1.29, 1.82) is 0 Å². The van der Waals surface area contributed by atoms with Crippen molar-refractivity contribution >= 4 is 23.9 Å². The van der Waals surface area contributed by atoms with Crippen LogP contribution in [0.1, 0.15) is 44.4 Å². The number of amides is 1. The van der Waals surface area contributed by atoms with Crippen molar-refractivity contribution in [1.82, 2.24) is 5.43 Å². The third kappa shape index (κ3) is 6.05. The van der Waals surface area contributed by atoms with Crippen LogP contribution in [0.5, 0.6) is 0 Å². The Morgan fingerprint density at radius 1 is 1.08 bits per heavy atom. The van der Waals surface area contributed by atoms with Crippen molar-refractivity contribution in [3.63, 3.8) is 0 Å². The fourth-order valence-corrected chi connectivity index (χ4v) is 3.07. The van der Waals surface area contributed by atoms with E-state index in [1.165, 1.54) is 22.9 Å². The summed E-state index contributed by atoms with van der Waals surface area (Å²) in [7, 11) is 0. The maximum absolute atomic E-state index is 12.1. The molecule has 0 aliphatic heterocycles. The van der Waals surface area contributed by atoms with Gasteiger partial charge in [-0.1, -0.05) is 62.7 Å². The lowest BCUT2D eigenvalue weighted by molar-refractivity contribution is -0.120. The highest BCUT2D eigenvalue weighted by Crippen LogP contribution is 2.23. The number of rotatable bonds is 5. The molecule has 0 aromatic heterocycles. The summed E-state index contributed by atoms with van der Waals surface area (Å²) in [4.78, 5) is 13.2. The van der Waals surface area contributed by atoms with Crippen LogP contribution < -0.4 is 5.43 Å². The summed E-state index contributed by atoms with van der Waals surface area (Å²) in [5.74, 6) is -0.104. The van der Waals surface area contributed by atoms with Crippen molar-refractivity contribution in [2.45, 2.75) is 50.2 Å². The molecular weight excluding hydrogens is 328 g/mol. The number of aryl methyl sites for hydroxylation is 1. The quantitative estimate of drug-likeness (QED) is 0.470. The summed E-state index contributed by atoms with van der Waals surface area (Å²) >= 11 is 1.53. The van der Waals surface area contributed by atoms with Gasteiger partial charge in [0.2, 0.25) is 0 Å². The Morgan fingerprint density at radius 3 is 2.24 bits per heavy atom. The van der Waals surface area contributed by atoms with Gasteiger partial charge in [-0.15, -0.1) is 11.8 Å². The minimum Gasteiger partial charge on any atom is -0.272 e. The Morgan fingerprint density at radius 2 is 1.68 bits per heavy atom. The summed E-state index contributed by atoms with van der Waals surface area (Å²) in [6, 6.07) is 16.4. The van der Waals surface area contributed by atoms with Crippen molar-refractivity contribution < 1.29 is 4.79 Å². The lowest BCUT2D eigenvalue weighted by atomic mass is 9.87. The Hall–Kier alpha value is -2.07. The molecule has 0 unspecified atom stereocenters. The summed E-state index contributed by atoms with van der Waals surface area (Å²) in [5, 5.41) is 3.87. The number of hydrazone groups is 1.